The number of carbonyl (C=O) groups is 3. The third-order valence-corrected chi connectivity index (χ3v) is 8.68. The van der Waals surface area contributed by atoms with E-state index >= 15 is 0 Å². The molecule has 0 spiro atoms. The lowest BCUT2D eigenvalue weighted by atomic mass is 9.98. The molecule has 0 aromatic heterocycles. The van der Waals surface area contributed by atoms with Crippen molar-refractivity contribution in [3.05, 3.63) is 64.7 Å². The first kappa shape index (κ1) is 23.2. The Morgan fingerprint density at radius 2 is 1.71 bits per heavy atom. The van der Waals surface area contributed by atoms with Gasteiger partial charge in [-0.1, -0.05) is 62.4 Å². The van der Waals surface area contributed by atoms with Crippen molar-refractivity contribution >= 4 is 29.5 Å². The Hall–Kier alpha value is -2.60. The third-order valence-electron chi connectivity index (χ3n) is 7.51. The van der Waals surface area contributed by atoms with Gasteiger partial charge in [-0.15, -0.1) is 11.8 Å². The molecule has 5 rings (SSSR count). The highest BCUT2D eigenvalue weighted by Gasteiger charge is 2.39. The quantitative estimate of drug-likeness (QED) is 0.417. The summed E-state index contributed by atoms with van der Waals surface area (Å²) < 4.78 is 0. The number of hydrogen-bond acceptors (Lipinski definition) is 4. The molecule has 1 aliphatic carbocycles. The van der Waals surface area contributed by atoms with Gasteiger partial charge in [0.15, 0.2) is 0 Å². The SMILES string of the molecule is O=C1CCC(N2Cc3c(SCc4ccc(CCCC5CCCC5)cc4)cccc3C2=O)C(=O)N1. The highest BCUT2D eigenvalue weighted by atomic mass is 32.2. The van der Waals surface area contributed by atoms with Crippen molar-refractivity contribution < 1.29 is 14.4 Å². The van der Waals surface area contributed by atoms with Gasteiger partial charge in [-0.25, -0.2) is 0 Å². The molecule has 34 heavy (non-hydrogen) atoms. The van der Waals surface area contributed by atoms with E-state index in [1.807, 2.05) is 12.1 Å². The number of rotatable bonds is 8. The molecular formula is C28H32N2O3S. The van der Waals surface area contributed by atoms with Gasteiger partial charge in [-0.05, 0) is 54.0 Å². The number of nitrogens with zero attached hydrogens (tertiary/aromatic N) is 1. The lowest BCUT2D eigenvalue weighted by Crippen LogP contribution is -2.52. The van der Waals surface area contributed by atoms with Crippen molar-refractivity contribution in [2.24, 2.45) is 5.92 Å². The van der Waals surface area contributed by atoms with Crippen LogP contribution in [0.2, 0.25) is 0 Å². The number of hydrogen-bond donors (Lipinski definition) is 1. The minimum Gasteiger partial charge on any atom is -0.322 e. The van der Waals surface area contributed by atoms with Gasteiger partial charge in [-0.2, -0.15) is 0 Å². The summed E-state index contributed by atoms with van der Waals surface area (Å²) >= 11 is 1.74. The maximum absolute atomic E-state index is 13.0. The number of fused-ring (bicyclic) bond motifs is 1. The third kappa shape index (κ3) is 5.07. The van der Waals surface area contributed by atoms with Crippen LogP contribution in [0.5, 0.6) is 0 Å². The number of amides is 3. The van der Waals surface area contributed by atoms with E-state index in [0.29, 0.717) is 18.5 Å². The molecule has 0 bridgehead atoms. The summed E-state index contributed by atoms with van der Waals surface area (Å²) in [5, 5.41) is 2.37. The second-order valence-corrected chi connectivity index (χ2v) is 10.8. The van der Waals surface area contributed by atoms with E-state index in [4.69, 9.17) is 0 Å². The topological polar surface area (TPSA) is 66.5 Å². The Morgan fingerprint density at radius 1 is 0.941 bits per heavy atom. The van der Waals surface area contributed by atoms with E-state index < -0.39 is 6.04 Å². The molecule has 0 radical (unpaired) electrons. The maximum atomic E-state index is 13.0. The summed E-state index contributed by atoms with van der Waals surface area (Å²) in [5.74, 6) is 1.05. The molecule has 3 aliphatic rings. The average molecular weight is 477 g/mol. The summed E-state index contributed by atoms with van der Waals surface area (Å²) in [4.78, 5) is 39.5. The maximum Gasteiger partial charge on any atom is 0.255 e. The second kappa shape index (κ2) is 10.3. The number of carbonyl (C=O) groups excluding carboxylic acids is 3. The molecule has 2 heterocycles. The highest BCUT2D eigenvalue weighted by Crippen LogP contribution is 2.35. The monoisotopic (exact) mass is 476 g/mol. The fraction of sp³-hybridized carbons (Fsp3) is 0.464. The van der Waals surface area contributed by atoms with Gasteiger partial charge >= 0.3 is 0 Å². The van der Waals surface area contributed by atoms with Gasteiger partial charge in [-0.3, -0.25) is 19.7 Å². The number of benzene rings is 2. The predicted octanol–water partition coefficient (Wildman–Crippen LogP) is 5.25. The lowest BCUT2D eigenvalue weighted by molar-refractivity contribution is -0.136. The second-order valence-electron chi connectivity index (χ2n) is 9.83. The minimum atomic E-state index is -0.573. The van der Waals surface area contributed by atoms with E-state index in [2.05, 4.69) is 35.6 Å². The van der Waals surface area contributed by atoms with Crippen LogP contribution in [0.3, 0.4) is 0 Å². The fourth-order valence-electron chi connectivity index (χ4n) is 5.55. The molecule has 1 unspecified atom stereocenters. The first-order valence-electron chi connectivity index (χ1n) is 12.6. The van der Waals surface area contributed by atoms with Crippen LogP contribution < -0.4 is 5.32 Å². The highest BCUT2D eigenvalue weighted by molar-refractivity contribution is 7.98. The van der Waals surface area contributed by atoms with Crippen molar-refractivity contribution in [1.82, 2.24) is 10.2 Å². The lowest BCUT2D eigenvalue weighted by Gasteiger charge is -2.29. The van der Waals surface area contributed by atoms with Gasteiger partial charge in [0.1, 0.15) is 6.04 Å². The number of thioether (sulfide) groups is 1. The Labute approximate surface area is 205 Å². The van der Waals surface area contributed by atoms with Crippen LogP contribution in [0.1, 0.15) is 78.4 Å². The molecular weight excluding hydrogens is 444 g/mol. The van der Waals surface area contributed by atoms with Crippen LogP contribution in [-0.2, 0) is 28.3 Å². The molecule has 1 saturated heterocycles. The standard InChI is InChI=1S/C28H32N2O3S/c31-26-16-15-24(27(32)29-26)30-17-23-22(28(30)33)9-4-10-25(23)34-18-21-13-11-20(12-14-21)8-3-7-19-5-1-2-6-19/h4,9-14,19,24H,1-3,5-8,15-18H2,(H,29,31,32). The number of nitrogens with one attached hydrogen (secondary N) is 1. The van der Waals surface area contributed by atoms with E-state index in [0.717, 1.165) is 28.6 Å². The summed E-state index contributed by atoms with van der Waals surface area (Å²) in [6.07, 6.45) is 10.2. The molecule has 178 valence electrons. The minimum absolute atomic E-state index is 0.117. The molecule has 5 nitrogen and oxygen atoms in total. The Kier molecular flexibility index (Phi) is 7.05. The van der Waals surface area contributed by atoms with E-state index in [1.54, 1.807) is 16.7 Å². The van der Waals surface area contributed by atoms with Crippen LogP contribution in [0.4, 0.5) is 0 Å². The van der Waals surface area contributed by atoms with Crippen molar-refractivity contribution in [2.45, 2.75) is 81.0 Å². The summed E-state index contributed by atoms with van der Waals surface area (Å²) in [6.45, 7) is 0.420. The van der Waals surface area contributed by atoms with Crippen molar-refractivity contribution in [3.63, 3.8) is 0 Å². The number of piperidine rings is 1. The van der Waals surface area contributed by atoms with Crippen LogP contribution in [0, 0.1) is 5.92 Å². The van der Waals surface area contributed by atoms with E-state index in [9.17, 15) is 14.4 Å². The Balaban J connectivity index is 1.18. The number of imide groups is 1. The van der Waals surface area contributed by atoms with Crippen molar-refractivity contribution in [3.8, 4) is 0 Å². The normalized spacial score (nSPS) is 20.6. The molecule has 2 aromatic carbocycles. The van der Waals surface area contributed by atoms with Crippen LogP contribution in [-0.4, -0.2) is 28.7 Å². The average Bonchev–Trinajstić information content (AvgIpc) is 3.47. The zero-order valence-electron chi connectivity index (χ0n) is 19.6. The summed E-state index contributed by atoms with van der Waals surface area (Å²) in [5.41, 5.74) is 4.35. The molecule has 6 heteroatoms. The number of aryl methyl sites for hydroxylation is 1. The van der Waals surface area contributed by atoms with Crippen LogP contribution in [0.15, 0.2) is 47.4 Å². The van der Waals surface area contributed by atoms with Gasteiger partial charge in [0, 0.05) is 29.2 Å². The van der Waals surface area contributed by atoms with Gasteiger partial charge in [0.05, 0.1) is 0 Å². The predicted molar refractivity (Wildman–Crippen MR) is 133 cm³/mol. The zero-order valence-corrected chi connectivity index (χ0v) is 20.4. The molecule has 1 N–H and O–H groups in total. The zero-order chi connectivity index (χ0) is 23.5. The largest absolute Gasteiger partial charge is 0.322 e. The smallest absolute Gasteiger partial charge is 0.255 e. The van der Waals surface area contributed by atoms with Crippen molar-refractivity contribution in [1.29, 1.82) is 0 Å². The van der Waals surface area contributed by atoms with Crippen LogP contribution >= 0.6 is 11.8 Å². The molecule has 1 atom stereocenters. The fourth-order valence-corrected chi connectivity index (χ4v) is 6.59. The molecule has 2 aromatic rings. The van der Waals surface area contributed by atoms with Crippen LogP contribution in [0.25, 0.3) is 0 Å². The van der Waals surface area contributed by atoms with E-state index in [1.165, 1.54) is 49.7 Å². The van der Waals surface area contributed by atoms with Gasteiger partial charge in [0.25, 0.3) is 5.91 Å². The van der Waals surface area contributed by atoms with Gasteiger partial charge in [0.2, 0.25) is 11.8 Å². The summed E-state index contributed by atoms with van der Waals surface area (Å²) in [7, 11) is 0. The Bertz CT molecular complexity index is 1080. The first-order chi connectivity index (χ1) is 16.6. The molecule has 2 fully saturated rings. The van der Waals surface area contributed by atoms with Crippen molar-refractivity contribution in [2.75, 3.05) is 0 Å². The first-order valence-corrected chi connectivity index (χ1v) is 13.5. The molecule has 2 aliphatic heterocycles. The molecule has 3 amide bonds. The Morgan fingerprint density at radius 3 is 2.47 bits per heavy atom. The van der Waals surface area contributed by atoms with Gasteiger partial charge < -0.3 is 4.90 Å². The molecule has 1 saturated carbocycles. The summed E-state index contributed by atoms with van der Waals surface area (Å²) in [6, 6.07) is 14.2. The van der Waals surface area contributed by atoms with E-state index in [-0.39, 0.29) is 24.1 Å².